The van der Waals surface area contributed by atoms with Gasteiger partial charge in [0, 0.05) is 25.7 Å². The van der Waals surface area contributed by atoms with Crippen molar-refractivity contribution in [3.05, 3.63) is 0 Å². The second kappa shape index (κ2) is 73.6. The minimum absolute atomic E-state index is 0.106. The lowest BCUT2D eigenvalue weighted by atomic mass is 10.0. The molecule has 600 valence electrons. The average molecular weight is 1480 g/mol. The third-order valence-corrected chi connectivity index (χ3v) is 21.1. The van der Waals surface area contributed by atoms with Crippen LogP contribution in [-0.2, 0) is 65.4 Å². The number of carbonyl (C=O) groups excluding carboxylic acids is 4. The summed E-state index contributed by atoms with van der Waals surface area (Å²) in [7, 11) is -9.92. The number of unbranched alkanes of at least 4 members (excludes halogenated alkanes) is 51. The van der Waals surface area contributed by atoms with Gasteiger partial charge >= 0.3 is 39.5 Å². The Labute approximate surface area is 619 Å². The van der Waals surface area contributed by atoms with Gasteiger partial charge in [-0.3, -0.25) is 37.3 Å². The van der Waals surface area contributed by atoms with Gasteiger partial charge in [-0.2, -0.15) is 0 Å². The molecule has 2 unspecified atom stereocenters. The summed E-state index contributed by atoms with van der Waals surface area (Å²) in [5.41, 5.74) is 0. The van der Waals surface area contributed by atoms with Gasteiger partial charge < -0.3 is 33.8 Å². The molecule has 5 atom stereocenters. The fourth-order valence-corrected chi connectivity index (χ4v) is 14.3. The van der Waals surface area contributed by atoms with Crippen LogP contribution in [-0.4, -0.2) is 96.7 Å². The molecule has 0 saturated carbocycles. The first kappa shape index (κ1) is 99.1. The van der Waals surface area contributed by atoms with E-state index in [4.69, 9.17) is 37.0 Å². The Kier molecular flexibility index (Phi) is 72.2. The molecule has 0 aliphatic heterocycles. The fourth-order valence-electron chi connectivity index (χ4n) is 12.7. The quantitative estimate of drug-likeness (QED) is 0.0222. The summed E-state index contributed by atoms with van der Waals surface area (Å²) in [4.78, 5) is 73.0. The van der Waals surface area contributed by atoms with Crippen molar-refractivity contribution in [3.63, 3.8) is 0 Å². The molecule has 0 bridgehead atoms. The highest BCUT2D eigenvalue weighted by molar-refractivity contribution is 7.47. The molecule has 0 aromatic heterocycles. The number of phosphoric ester groups is 2. The number of rotatable bonds is 81. The van der Waals surface area contributed by atoms with Crippen LogP contribution in [0.4, 0.5) is 0 Å². The van der Waals surface area contributed by atoms with Gasteiger partial charge in [0.05, 0.1) is 26.4 Å². The molecular formula is C82H160O17P2. The van der Waals surface area contributed by atoms with Gasteiger partial charge in [-0.15, -0.1) is 0 Å². The zero-order valence-electron chi connectivity index (χ0n) is 66.2. The molecule has 0 heterocycles. The molecule has 0 aromatic rings. The number of hydrogen-bond donors (Lipinski definition) is 3. The number of aliphatic hydroxyl groups excluding tert-OH is 1. The highest BCUT2D eigenvalue weighted by Crippen LogP contribution is 2.45. The van der Waals surface area contributed by atoms with Crippen LogP contribution < -0.4 is 0 Å². The minimum atomic E-state index is -4.96. The Morgan fingerprint density at radius 1 is 0.267 bits per heavy atom. The summed E-state index contributed by atoms with van der Waals surface area (Å²) >= 11 is 0. The first-order chi connectivity index (χ1) is 48.9. The van der Waals surface area contributed by atoms with E-state index in [9.17, 15) is 43.2 Å². The summed E-state index contributed by atoms with van der Waals surface area (Å²) in [5.74, 6) is -0.560. The van der Waals surface area contributed by atoms with Gasteiger partial charge in [0.2, 0.25) is 0 Å². The van der Waals surface area contributed by atoms with Gasteiger partial charge in [0.15, 0.2) is 12.2 Å². The van der Waals surface area contributed by atoms with Crippen LogP contribution in [0.5, 0.6) is 0 Å². The Morgan fingerprint density at radius 2 is 0.455 bits per heavy atom. The van der Waals surface area contributed by atoms with Crippen LogP contribution in [0.25, 0.3) is 0 Å². The summed E-state index contributed by atoms with van der Waals surface area (Å²) in [6.07, 6.45) is 63.9. The van der Waals surface area contributed by atoms with E-state index in [2.05, 4.69) is 41.5 Å². The predicted octanol–water partition coefficient (Wildman–Crippen LogP) is 24.7. The van der Waals surface area contributed by atoms with E-state index in [0.29, 0.717) is 25.7 Å². The Bertz CT molecular complexity index is 1940. The first-order valence-electron chi connectivity index (χ1n) is 42.5. The van der Waals surface area contributed by atoms with E-state index in [1.165, 1.54) is 250 Å². The molecule has 0 aliphatic carbocycles. The molecule has 0 fully saturated rings. The standard InChI is InChI=1S/C82H160O17P2/c1-7-9-11-13-15-17-19-20-21-22-23-24-25-30-33-36-42-48-54-60-66-81(86)98-77(71-93-80(85)65-59-53-47-41-35-32-29-27-26-28-31-34-38-44-50-56-62-74(3)4)72-96-100(88,89)94-68-76(83)69-95-101(90,91)97-73-78(70-92-79(84)64-58-52-46-40-18-16-14-12-10-8-2)99-82(87)67-61-55-49-43-37-39-45-51-57-63-75(5)6/h74-78,83H,7-73H2,1-6H3,(H,88,89)(H,90,91)/t76-,77-,78-/m1/s1. The summed E-state index contributed by atoms with van der Waals surface area (Å²) in [6, 6.07) is 0. The molecule has 0 spiro atoms. The number of esters is 4. The molecule has 0 rings (SSSR count). The van der Waals surface area contributed by atoms with Crippen LogP contribution in [0.15, 0.2) is 0 Å². The first-order valence-corrected chi connectivity index (χ1v) is 45.5. The van der Waals surface area contributed by atoms with E-state index in [1.54, 1.807) is 0 Å². The number of aliphatic hydroxyl groups is 1. The zero-order valence-corrected chi connectivity index (χ0v) is 68.0. The average Bonchev–Trinajstić information content (AvgIpc) is 0.998. The normalized spacial score (nSPS) is 13.9. The molecule has 0 aliphatic rings. The third kappa shape index (κ3) is 76.1. The van der Waals surface area contributed by atoms with Gasteiger partial charge in [0.25, 0.3) is 0 Å². The maximum Gasteiger partial charge on any atom is 0.472 e. The topological polar surface area (TPSA) is 237 Å². The van der Waals surface area contributed by atoms with Crippen molar-refractivity contribution in [2.24, 2.45) is 11.8 Å². The number of phosphoric acid groups is 2. The van der Waals surface area contributed by atoms with Crippen molar-refractivity contribution in [3.8, 4) is 0 Å². The lowest BCUT2D eigenvalue weighted by Gasteiger charge is -2.21. The van der Waals surface area contributed by atoms with Crippen LogP contribution in [0.3, 0.4) is 0 Å². The molecule has 0 amide bonds. The van der Waals surface area contributed by atoms with Crippen LogP contribution in [0.2, 0.25) is 0 Å². The van der Waals surface area contributed by atoms with Gasteiger partial charge in [-0.25, -0.2) is 9.13 Å². The number of ether oxygens (including phenoxy) is 4. The summed E-state index contributed by atoms with van der Waals surface area (Å²) < 4.78 is 68.7. The Morgan fingerprint density at radius 3 is 0.673 bits per heavy atom. The fraction of sp³-hybridized carbons (Fsp3) is 0.951. The smallest absolute Gasteiger partial charge is 0.462 e. The van der Waals surface area contributed by atoms with E-state index in [1.807, 2.05) is 0 Å². The van der Waals surface area contributed by atoms with Crippen molar-refractivity contribution in [1.29, 1.82) is 0 Å². The van der Waals surface area contributed by atoms with E-state index < -0.39 is 97.5 Å². The van der Waals surface area contributed by atoms with E-state index >= 15 is 0 Å². The maximum absolute atomic E-state index is 13.1. The highest BCUT2D eigenvalue weighted by Gasteiger charge is 2.30. The van der Waals surface area contributed by atoms with Crippen LogP contribution in [0.1, 0.15) is 433 Å². The molecule has 101 heavy (non-hydrogen) atoms. The van der Waals surface area contributed by atoms with Crippen molar-refractivity contribution >= 4 is 39.5 Å². The highest BCUT2D eigenvalue weighted by atomic mass is 31.2. The second-order valence-electron chi connectivity index (χ2n) is 30.5. The largest absolute Gasteiger partial charge is 0.472 e. The molecule has 19 heteroatoms. The molecule has 0 saturated heterocycles. The second-order valence-corrected chi connectivity index (χ2v) is 33.4. The van der Waals surface area contributed by atoms with Crippen molar-refractivity contribution < 1.29 is 80.2 Å². The predicted molar refractivity (Wildman–Crippen MR) is 414 cm³/mol. The van der Waals surface area contributed by atoms with Gasteiger partial charge in [-0.1, -0.05) is 382 Å². The number of carbonyl (C=O) groups is 4. The SMILES string of the molecule is CCCCCCCCCCCCCCCCCCCCCCC(=O)O[C@H](COC(=O)CCCCCCCCCCCCCCCCCCC(C)C)COP(=O)(O)OC[C@@H](O)COP(=O)(O)OC[C@@H](COC(=O)CCCCCCCCCCCC)OC(=O)CCCCCCCCCCCC(C)C. The van der Waals surface area contributed by atoms with E-state index in [0.717, 1.165) is 102 Å². The van der Waals surface area contributed by atoms with Crippen LogP contribution in [0, 0.1) is 11.8 Å². The van der Waals surface area contributed by atoms with Crippen molar-refractivity contribution in [2.45, 2.75) is 452 Å². The maximum atomic E-state index is 13.1. The third-order valence-electron chi connectivity index (χ3n) is 19.2. The lowest BCUT2D eigenvalue weighted by Crippen LogP contribution is -2.30. The molecule has 0 aromatic carbocycles. The molecule has 17 nitrogen and oxygen atoms in total. The van der Waals surface area contributed by atoms with Gasteiger partial charge in [0.1, 0.15) is 19.3 Å². The van der Waals surface area contributed by atoms with Crippen LogP contribution >= 0.6 is 15.6 Å². The number of hydrogen-bond acceptors (Lipinski definition) is 15. The van der Waals surface area contributed by atoms with Gasteiger partial charge in [-0.05, 0) is 37.5 Å². The summed E-state index contributed by atoms with van der Waals surface area (Å²) in [5, 5.41) is 10.6. The molecule has 3 N–H and O–H groups in total. The summed E-state index contributed by atoms with van der Waals surface area (Å²) in [6.45, 7) is 9.64. The zero-order chi connectivity index (χ0) is 74.2. The monoisotopic (exact) mass is 1480 g/mol. The Hall–Kier alpha value is -1.94. The van der Waals surface area contributed by atoms with Crippen molar-refractivity contribution in [1.82, 2.24) is 0 Å². The lowest BCUT2D eigenvalue weighted by molar-refractivity contribution is -0.161. The van der Waals surface area contributed by atoms with E-state index in [-0.39, 0.29) is 25.7 Å². The Balaban J connectivity index is 5.21. The minimum Gasteiger partial charge on any atom is -0.462 e. The van der Waals surface area contributed by atoms with Crippen molar-refractivity contribution in [2.75, 3.05) is 39.6 Å². The molecule has 0 radical (unpaired) electrons. The molecular weight excluding hydrogens is 1320 g/mol.